The van der Waals surface area contributed by atoms with Gasteiger partial charge in [-0.3, -0.25) is 9.59 Å². The van der Waals surface area contributed by atoms with Crippen molar-refractivity contribution < 1.29 is 4.79 Å². The predicted octanol–water partition coefficient (Wildman–Crippen LogP) is 3.06. The molecule has 3 heterocycles. The maximum Gasteiger partial charge on any atom is 0.261 e. The largest absolute Gasteiger partial charge is 0.320 e. The molecule has 0 saturated carbocycles. The Hall–Kier alpha value is -3.23. The molecule has 0 aliphatic rings. The van der Waals surface area contributed by atoms with Crippen molar-refractivity contribution in [2.45, 2.75) is 0 Å². The van der Waals surface area contributed by atoms with Gasteiger partial charge in [-0.05, 0) is 24.3 Å². The number of carbonyl (C=O) groups is 1. The van der Waals surface area contributed by atoms with Crippen molar-refractivity contribution in [2.75, 3.05) is 5.32 Å². The lowest BCUT2D eigenvalue weighted by molar-refractivity contribution is 0.102. The van der Waals surface area contributed by atoms with E-state index in [4.69, 9.17) is 23.2 Å². The zero-order valence-corrected chi connectivity index (χ0v) is 15.0. The normalized spacial score (nSPS) is 10.9. The highest BCUT2D eigenvalue weighted by molar-refractivity contribution is 6.33. The summed E-state index contributed by atoms with van der Waals surface area (Å²) < 4.78 is 1.48. The van der Waals surface area contributed by atoms with Crippen LogP contribution in [-0.4, -0.2) is 30.6 Å². The molecule has 0 bridgehead atoms. The van der Waals surface area contributed by atoms with E-state index in [1.165, 1.54) is 29.3 Å². The molecule has 0 unspecified atom stereocenters. The van der Waals surface area contributed by atoms with Gasteiger partial charge in [-0.2, -0.15) is 5.10 Å². The van der Waals surface area contributed by atoms with E-state index in [1.54, 1.807) is 24.3 Å². The van der Waals surface area contributed by atoms with Crippen LogP contribution in [0, 0.1) is 0 Å². The summed E-state index contributed by atoms with van der Waals surface area (Å²) in [6, 6.07) is 9.82. The van der Waals surface area contributed by atoms with Crippen molar-refractivity contribution in [2.24, 2.45) is 0 Å². The van der Waals surface area contributed by atoms with E-state index in [2.05, 4.69) is 25.4 Å². The first-order valence-corrected chi connectivity index (χ1v) is 8.44. The topological polar surface area (TPSA) is 106 Å². The number of fused-ring (bicyclic) bond motifs is 1. The van der Waals surface area contributed by atoms with Gasteiger partial charge in [0, 0.05) is 5.56 Å². The molecule has 0 aliphatic carbocycles. The number of hydrogen-bond donors (Lipinski definition) is 2. The Morgan fingerprint density at radius 2 is 1.89 bits per heavy atom. The minimum atomic E-state index is -0.420. The molecule has 0 atom stereocenters. The summed E-state index contributed by atoms with van der Waals surface area (Å²) in [5.41, 5.74) is 1.35. The Morgan fingerprint density at radius 3 is 2.67 bits per heavy atom. The van der Waals surface area contributed by atoms with Gasteiger partial charge in [-0.1, -0.05) is 35.3 Å². The highest BCUT2D eigenvalue weighted by Crippen LogP contribution is 2.23. The summed E-state index contributed by atoms with van der Waals surface area (Å²) in [7, 11) is 0. The van der Waals surface area contributed by atoms with E-state index in [-0.39, 0.29) is 21.4 Å². The van der Waals surface area contributed by atoms with Crippen LogP contribution in [0.5, 0.6) is 0 Å². The molecule has 10 heteroatoms. The molecule has 0 saturated heterocycles. The fraction of sp³-hybridized carbons (Fsp3) is 0. The van der Waals surface area contributed by atoms with Crippen LogP contribution in [-0.2, 0) is 0 Å². The van der Waals surface area contributed by atoms with Gasteiger partial charge in [0.25, 0.3) is 11.5 Å². The van der Waals surface area contributed by atoms with E-state index in [1.807, 2.05) is 0 Å². The lowest BCUT2D eigenvalue weighted by Gasteiger charge is -2.11. The Morgan fingerprint density at radius 1 is 1.15 bits per heavy atom. The molecular formula is C17H10Cl2N6O2. The number of nitrogens with zero attached hydrogens (tertiary/aromatic N) is 4. The lowest BCUT2D eigenvalue weighted by Crippen LogP contribution is -2.14. The summed E-state index contributed by atoms with van der Waals surface area (Å²) in [5.74, 6) is -0.420. The number of nitrogens with one attached hydrogen (secondary N) is 2. The van der Waals surface area contributed by atoms with Crippen LogP contribution in [0.2, 0.25) is 10.3 Å². The maximum atomic E-state index is 12.6. The number of para-hydroxylation sites is 2. The number of amides is 1. The van der Waals surface area contributed by atoms with Gasteiger partial charge in [0.2, 0.25) is 0 Å². The monoisotopic (exact) mass is 400 g/mol. The van der Waals surface area contributed by atoms with Crippen LogP contribution < -0.4 is 10.9 Å². The molecule has 1 aromatic carbocycles. The minimum Gasteiger partial charge on any atom is -0.320 e. The molecular weight excluding hydrogens is 391 g/mol. The van der Waals surface area contributed by atoms with Gasteiger partial charge in [-0.25, -0.2) is 14.6 Å². The molecule has 3 aromatic heterocycles. The van der Waals surface area contributed by atoms with E-state index < -0.39 is 5.91 Å². The summed E-state index contributed by atoms with van der Waals surface area (Å²) in [5, 5.41) is 7.58. The van der Waals surface area contributed by atoms with E-state index in [0.717, 1.165) is 0 Å². The van der Waals surface area contributed by atoms with E-state index >= 15 is 0 Å². The number of hydrogen-bond acceptors (Lipinski definition) is 5. The van der Waals surface area contributed by atoms with Gasteiger partial charge in [-0.15, -0.1) is 0 Å². The van der Waals surface area contributed by atoms with Crippen molar-refractivity contribution >= 4 is 45.8 Å². The molecule has 27 heavy (non-hydrogen) atoms. The number of halogens is 2. The molecule has 0 spiro atoms. The molecule has 134 valence electrons. The van der Waals surface area contributed by atoms with Crippen molar-refractivity contribution in [3.63, 3.8) is 0 Å². The SMILES string of the molecule is O=C(Nc1ccccc1-n1ncc2c(=O)[nH]cnc21)c1cc(Cl)nc(Cl)c1. The quantitative estimate of drug-likeness (QED) is 0.514. The lowest BCUT2D eigenvalue weighted by atomic mass is 10.2. The van der Waals surface area contributed by atoms with Crippen LogP contribution in [0.25, 0.3) is 16.7 Å². The molecule has 8 nitrogen and oxygen atoms in total. The van der Waals surface area contributed by atoms with Crippen LogP contribution >= 0.6 is 23.2 Å². The average molecular weight is 401 g/mol. The summed E-state index contributed by atoms with van der Waals surface area (Å²) in [4.78, 5) is 35.0. The number of benzene rings is 1. The van der Waals surface area contributed by atoms with Crippen LogP contribution in [0.4, 0.5) is 5.69 Å². The Kier molecular flexibility index (Phi) is 4.35. The number of aromatic nitrogens is 5. The van der Waals surface area contributed by atoms with Crippen LogP contribution in [0.3, 0.4) is 0 Å². The minimum absolute atomic E-state index is 0.113. The van der Waals surface area contributed by atoms with E-state index in [0.29, 0.717) is 22.4 Å². The first-order chi connectivity index (χ1) is 13.0. The molecule has 2 N–H and O–H groups in total. The second-order valence-electron chi connectivity index (χ2n) is 5.50. The van der Waals surface area contributed by atoms with E-state index in [9.17, 15) is 9.59 Å². The average Bonchev–Trinajstić information content (AvgIpc) is 3.07. The van der Waals surface area contributed by atoms with Gasteiger partial charge in [0.1, 0.15) is 15.7 Å². The zero-order valence-electron chi connectivity index (χ0n) is 13.5. The van der Waals surface area contributed by atoms with Gasteiger partial charge >= 0.3 is 0 Å². The van der Waals surface area contributed by atoms with Crippen molar-refractivity contribution in [1.29, 1.82) is 0 Å². The standard InChI is InChI=1S/C17H10Cl2N6O2/c18-13-5-9(6-14(19)24-13)16(26)23-11-3-1-2-4-12(11)25-15-10(7-22-25)17(27)21-8-20-15/h1-8H,(H,23,26)(H,20,21,27). The number of pyridine rings is 1. The number of rotatable bonds is 3. The Balaban J connectivity index is 1.76. The van der Waals surface area contributed by atoms with Gasteiger partial charge < -0.3 is 10.3 Å². The van der Waals surface area contributed by atoms with Gasteiger partial charge in [0.15, 0.2) is 5.65 Å². The summed E-state index contributed by atoms with van der Waals surface area (Å²) in [6.45, 7) is 0. The van der Waals surface area contributed by atoms with Crippen molar-refractivity contribution in [3.8, 4) is 5.69 Å². The highest BCUT2D eigenvalue weighted by atomic mass is 35.5. The fourth-order valence-corrected chi connectivity index (χ4v) is 3.05. The maximum absolute atomic E-state index is 12.6. The first kappa shape index (κ1) is 17.2. The van der Waals surface area contributed by atoms with Crippen molar-refractivity contribution in [1.82, 2.24) is 24.7 Å². The zero-order chi connectivity index (χ0) is 19.0. The smallest absolute Gasteiger partial charge is 0.261 e. The number of anilines is 1. The molecule has 0 radical (unpaired) electrons. The molecule has 4 rings (SSSR count). The first-order valence-electron chi connectivity index (χ1n) is 7.68. The Labute approximate surface area is 161 Å². The number of aromatic amines is 1. The van der Waals surface area contributed by atoms with Crippen LogP contribution in [0.1, 0.15) is 10.4 Å². The third kappa shape index (κ3) is 3.27. The van der Waals surface area contributed by atoms with Crippen molar-refractivity contribution in [3.05, 3.63) is 75.1 Å². The Bertz CT molecular complexity index is 1210. The third-order valence-corrected chi connectivity index (χ3v) is 4.16. The molecule has 4 aromatic rings. The van der Waals surface area contributed by atoms with Gasteiger partial charge in [0.05, 0.1) is 23.9 Å². The van der Waals surface area contributed by atoms with Crippen LogP contribution in [0.15, 0.2) is 53.7 Å². The highest BCUT2D eigenvalue weighted by Gasteiger charge is 2.15. The molecule has 0 fully saturated rings. The number of carbonyl (C=O) groups excluding carboxylic acids is 1. The predicted molar refractivity (Wildman–Crippen MR) is 102 cm³/mol. The number of H-pyrrole nitrogens is 1. The summed E-state index contributed by atoms with van der Waals surface area (Å²) >= 11 is 11.7. The third-order valence-electron chi connectivity index (χ3n) is 3.78. The fourth-order valence-electron chi connectivity index (χ4n) is 2.59. The second-order valence-corrected chi connectivity index (χ2v) is 6.27. The molecule has 0 aliphatic heterocycles. The second kappa shape index (κ2) is 6.82. The summed E-state index contributed by atoms with van der Waals surface area (Å²) in [6.07, 6.45) is 2.72. The molecule has 1 amide bonds.